The Kier molecular flexibility index (Phi) is 3.29. The number of para-hydroxylation sites is 1. The van der Waals surface area contributed by atoms with Gasteiger partial charge in [0.1, 0.15) is 0 Å². The van der Waals surface area contributed by atoms with E-state index in [0.29, 0.717) is 16.4 Å². The molecule has 0 saturated heterocycles. The lowest BCUT2D eigenvalue weighted by Crippen LogP contribution is -2.59. The van der Waals surface area contributed by atoms with Gasteiger partial charge in [-0.25, -0.2) is 0 Å². The molecule has 1 N–H and O–H groups in total. The van der Waals surface area contributed by atoms with Gasteiger partial charge in [-0.2, -0.15) is 0 Å². The van der Waals surface area contributed by atoms with E-state index >= 15 is 0 Å². The van der Waals surface area contributed by atoms with E-state index in [1.807, 2.05) is 37.4 Å². The Morgan fingerprint density at radius 1 is 1.43 bits per heavy atom. The first-order valence-corrected chi connectivity index (χ1v) is 7.76. The number of carbonyl (C=O) groups excluding carboxylic acids is 1. The van der Waals surface area contributed by atoms with E-state index < -0.39 is 0 Å². The van der Waals surface area contributed by atoms with E-state index in [1.165, 1.54) is 18.7 Å². The second-order valence-corrected chi connectivity index (χ2v) is 5.59. The highest BCUT2D eigenvalue weighted by Crippen LogP contribution is 2.34. The van der Waals surface area contributed by atoms with Gasteiger partial charge in [0.15, 0.2) is 0 Å². The topological polar surface area (TPSA) is 69.9 Å². The molecule has 0 radical (unpaired) electrons. The molecule has 108 valence electrons. The molecule has 0 bridgehead atoms. The van der Waals surface area contributed by atoms with Gasteiger partial charge in [0.05, 0.1) is 11.3 Å². The summed E-state index contributed by atoms with van der Waals surface area (Å²) in [6, 6.07) is 7.38. The molecule has 1 aliphatic rings. The lowest BCUT2D eigenvalue weighted by atomic mass is 10.1. The van der Waals surface area contributed by atoms with E-state index in [1.54, 1.807) is 9.58 Å². The van der Waals surface area contributed by atoms with Crippen LogP contribution in [0.3, 0.4) is 0 Å². The lowest BCUT2D eigenvalue weighted by molar-refractivity contribution is -0.768. The molecule has 0 saturated carbocycles. The Bertz CT molecular complexity index is 787. The molecule has 6 nitrogen and oxygen atoms in total. The fourth-order valence-corrected chi connectivity index (χ4v) is 3.03. The minimum atomic E-state index is -0.347. The Morgan fingerprint density at radius 2 is 2.14 bits per heavy atom. The van der Waals surface area contributed by atoms with Crippen LogP contribution in [0.5, 0.6) is 0 Å². The first-order valence-electron chi connectivity index (χ1n) is 6.54. The van der Waals surface area contributed by atoms with Crippen molar-refractivity contribution in [2.24, 2.45) is 0 Å². The molecule has 2 heterocycles. The molecule has 1 unspecified atom stereocenters. The summed E-state index contributed by atoms with van der Waals surface area (Å²) in [6.07, 6.45) is 1.50. The second kappa shape index (κ2) is 5.00. The minimum Gasteiger partial charge on any atom is -0.291 e. The highest BCUT2D eigenvalue weighted by Gasteiger charge is 2.40. The van der Waals surface area contributed by atoms with Crippen molar-refractivity contribution < 1.29 is 9.48 Å². The monoisotopic (exact) mass is 303 g/mol. The van der Waals surface area contributed by atoms with Gasteiger partial charge >= 0.3 is 11.3 Å². The highest BCUT2D eigenvalue weighted by atomic mass is 32.2. The molecule has 7 heteroatoms. The predicted octanol–water partition coefficient (Wildman–Crippen LogP) is 1.33. The standard InChI is InChI=1S/C14H14N4O2S/c1-8-17(9(2)19)11-7-5-4-6-10(11)12-13(20)15-14(21-3)16-18(8)12/h4-8H,1-3H3/p+1. The third kappa shape index (κ3) is 2.04. The fraction of sp³-hybridized carbons (Fsp3) is 0.286. The van der Waals surface area contributed by atoms with Crippen LogP contribution in [-0.2, 0) is 4.79 Å². The molecule has 0 aliphatic carbocycles. The molecule has 3 rings (SSSR count). The Balaban J connectivity index is 2.37. The largest absolute Gasteiger partial charge is 0.325 e. The molecule has 2 aromatic rings. The van der Waals surface area contributed by atoms with Crippen molar-refractivity contribution in [1.29, 1.82) is 0 Å². The summed E-state index contributed by atoms with van der Waals surface area (Å²) in [5.41, 5.74) is 1.74. The quantitative estimate of drug-likeness (QED) is 0.637. The molecule has 21 heavy (non-hydrogen) atoms. The number of hydrogen-bond acceptors (Lipinski definition) is 4. The number of anilines is 1. The van der Waals surface area contributed by atoms with Crippen LogP contribution in [-0.4, -0.2) is 22.2 Å². The van der Waals surface area contributed by atoms with Gasteiger partial charge in [0, 0.05) is 18.9 Å². The number of nitrogens with zero attached hydrogens (tertiary/aromatic N) is 3. The number of benzene rings is 1. The number of fused-ring (bicyclic) bond motifs is 3. The van der Waals surface area contributed by atoms with Crippen molar-refractivity contribution >= 4 is 23.4 Å². The summed E-state index contributed by atoms with van der Waals surface area (Å²) < 4.78 is 1.62. The van der Waals surface area contributed by atoms with Crippen molar-refractivity contribution in [1.82, 2.24) is 10.1 Å². The maximum Gasteiger partial charge on any atom is 0.325 e. The van der Waals surface area contributed by atoms with Gasteiger partial charge in [-0.1, -0.05) is 28.6 Å². The van der Waals surface area contributed by atoms with Crippen LogP contribution in [0.25, 0.3) is 11.3 Å². The van der Waals surface area contributed by atoms with Crippen molar-refractivity contribution in [2.45, 2.75) is 25.2 Å². The Labute approximate surface area is 125 Å². The Morgan fingerprint density at radius 3 is 2.81 bits per heavy atom. The molecule has 1 aromatic heterocycles. The second-order valence-electron chi connectivity index (χ2n) is 4.79. The fourth-order valence-electron chi connectivity index (χ4n) is 2.67. The van der Waals surface area contributed by atoms with E-state index in [4.69, 9.17) is 0 Å². The summed E-state index contributed by atoms with van der Waals surface area (Å²) in [5, 5.41) is 4.96. The predicted molar refractivity (Wildman–Crippen MR) is 80.1 cm³/mol. The smallest absolute Gasteiger partial charge is 0.291 e. The first kappa shape index (κ1) is 13.8. The van der Waals surface area contributed by atoms with E-state index in [-0.39, 0.29) is 17.6 Å². The summed E-state index contributed by atoms with van der Waals surface area (Å²) in [6.45, 7) is 3.37. The number of aromatic nitrogens is 3. The van der Waals surface area contributed by atoms with Crippen LogP contribution < -0.4 is 15.1 Å². The number of thioether (sulfide) groups is 1. The summed E-state index contributed by atoms with van der Waals surface area (Å²) in [4.78, 5) is 28.8. The maximum absolute atomic E-state index is 12.4. The molecule has 1 aliphatic heterocycles. The van der Waals surface area contributed by atoms with Crippen LogP contribution in [0.15, 0.2) is 34.2 Å². The highest BCUT2D eigenvalue weighted by molar-refractivity contribution is 7.98. The zero-order valence-electron chi connectivity index (χ0n) is 12.0. The molecule has 1 amide bonds. The number of nitrogens with one attached hydrogen (secondary N) is 1. The van der Waals surface area contributed by atoms with Gasteiger partial charge in [-0.05, 0) is 18.4 Å². The van der Waals surface area contributed by atoms with Gasteiger partial charge < -0.3 is 0 Å². The molecule has 0 fully saturated rings. The summed E-state index contributed by atoms with van der Waals surface area (Å²) in [5.74, 6) is -0.0825. The van der Waals surface area contributed by atoms with Gasteiger partial charge in [-0.15, -0.1) is 0 Å². The zero-order chi connectivity index (χ0) is 15.1. The van der Waals surface area contributed by atoms with Crippen LogP contribution in [0, 0.1) is 0 Å². The number of carbonyl (C=O) groups is 1. The third-order valence-electron chi connectivity index (χ3n) is 3.54. The number of hydrogen-bond donors (Lipinski definition) is 1. The molecule has 1 aromatic carbocycles. The average Bonchev–Trinajstić information content (AvgIpc) is 2.46. The van der Waals surface area contributed by atoms with Gasteiger partial charge in [-0.3, -0.25) is 19.5 Å². The maximum atomic E-state index is 12.4. The van der Waals surface area contributed by atoms with E-state index in [9.17, 15) is 9.59 Å². The molecule has 1 atom stereocenters. The van der Waals surface area contributed by atoms with Gasteiger partial charge in [0.25, 0.3) is 6.17 Å². The van der Waals surface area contributed by atoms with E-state index in [0.717, 1.165) is 5.69 Å². The number of amides is 1. The van der Waals surface area contributed by atoms with Crippen molar-refractivity contribution in [3.63, 3.8) is 0 Å². The Hall–Kier alpha value is -2.15. The van der Waals surface area contributed by atoms with Crippen LogP contribution >= 0.6 is 11.8 Å². The first-order chi connectivity index (χ1) is 10.0. The summed E-state index contributed by atoms with van der Waals surface area (Å²) in [7, 11) is 0. The van der Waals surface area contributed by atoms with Crippen molar-refractivity contribution in [3.8, 4) is 11.3 Å². The summed E-state index contributed by atoms with van der Waals surface area (Å²) >= 11 is 1.36. The van der Waals surface area contributed by atoms with Gasteiger partial charge in [0.2, 0.25) is 11.1 Å². The number of aromatic amines is 1. The van der Waals surface area contributed by atoms with E-state index in [2.05, 4.69) is 10.1 Å². The van der Waals surface area contributed by atoms with Crippen molar-refractivity contribution in [3.05, 3.63) is 34.6 Å². The lowest BCUT2D eigenvalue weighted by Gasteiger charge is -2.29. The van der Waals surface area contributed by atoms with Crippen molar-refractivity contribution in [2.75, 3.05) is 11.2 Å². The van der Waals surface area contributed by atoms with Crippen LogP contribution in [0.1, 0.15) is 20.0 Å². The normalized spacial score (nSPS) is 16.3. The number of H-pyrrole nitrogens is 1. The molecule has 0 spiro atoms. The average molecular weight is 303 g/mol. The SMILES string of the molecule is CSc1n[n+]2c(c(=O)[nH]1)-c1ccccc1N(C(C)=O)C2C. The molecular formula is C14H15N4O2S+. The third-order valence-corrected chi connectivity index (χ3v) is 4.11. The zero-order valence-corrected chi connectivity index (χ0v) is 12.8. The minimum absolute atomic E-state index is 0.0825. The van der Waals surface area contributed by atoms with Crippen LogP contribution in [0.2, 0.25) is 0 Å². The molecular weight excluding hydrogens is 288 g/mol. The number of rotatable bonds is 1. The van der Waals surface area contributed by atoms with Crippen LogP contribution in [0.4, 0.5) is 5.69 Å².